The first-order valence-electron chi connectivity index (χ1n) is 4.65. The van der Waals surface area contributed by atoms with Crippen molar-refractivity contribution in [1.29, 1.82) is 0 Å². The second-order valence-electron chi connectivity index (χ2n) is 3.10. The third-order valence-corrected chi connectivity index (χ3v) is 3.32. The molecular weight excluding hydrogens is 268 g/mol. The number of rotatable bonds is 6. The molecule has 0 saturated heterocycles. The summed E-state index contributed by atoms with van der Waals surface area (Å²) in [4.78, 5) is 0.497. The van der Waals surface area contributed by atoms with Crippen LogP contribution in [-0.2, 0) is 14.6 Å². The monoisotopic (exact) mass is 280 g/mol. The number of phenolic OH excluding ortho intramolecular Hbond substituents is 2. The summed E-state index contributed by atoms with van der Waals surface area (Å²) in [7, 11) is -4.38. The van der Waals surface area contributed by atoms with Gasteiger partial charge in [0, 0.05) is 5.75 Å². The SMILES string of the molecule is O=S(=O)(O)OCCCSc1cc(O)ccc1O. The number of hydrogen-bond donors (Lipinski definition) is 3. The lowest BCUT2D eigenvalue weighted by Crippen LogP contribution is -2.05. The molecule has 0 aliphatic carbocycles. The number of phenols is 2. The summed E-state index contributed by atoms with van der Waals surface area (Å²) in [6.45, 7) is -0.134. The maximum absolute atomic E-state index is 10.2. The highest BCUT2D eigenvalue weighted by Gasteiger charge is 2.05. The molecule has 0 bridgehead atoms. The third kappa shape index (κ3) is 5.78. The Morgan fingerprint density at radius 2 is 2.00 bits per heavy atom. The number of hydrogen-bond acceptors (Lipinski definition) is 6. The van der Waals surface area contributed by atoms with Crippen LogP contribution in [0.5, 0.6) is 11.5 Å². The lowest BCUT2D eigenvalue weighted by Gasteiger charge is -2.04. The molecule has 17 heavy (non-hydrogen) atoms. The van der Waals surface area contributed by atoms with Gasteiger partial charge in [-0.05, 0) is 24.6 Å². The van der Waals surface area contributed by atoms with Crippen molar-refractivity contribution in [2.75, 3.05) is 12.4 Å². The standard InChI is InChI=1S/C9H12O6S2/c10-7-2-3-8(11)9(6-7)16-5-1-4-15-17(12,13)14/h2-3,6,10-11H,1,4-5H2,(H,12,13,14). The molecule has 1 aromatic rings. The van der Waals surface area contributed by atoms with Crippen LogP contribution in [0.2, 0.25) is 0 Å². The van der Waals surface area contributed by atoms with E-state index in [-0.39, 0.29) is 18.1 Å². The molecule has 0 radical (unpaired) electrons. The lowest BCUT2D eigenvalue weighted by atomic mass is 10.3. The van der Waals surface area contributed by atoms with Gasteiger partial charge < -0.3 is 10.2 Å². The van der Waals surface area contributed by atoms with Gasteiger partial charge in [0.25, 0.3) is 0 Å². The van der Waals surface area contributed by atoms with E-state index in [1.165, 1.54) is 30.0 Å². The van der Waals surface area contributed by atoms with Gasteiger partial charge in [-0.2, -0.15) is 8.42 Å². The molecule has 8 heteroatoms. The van der Waals surface area contributed by atoms with E-state index in [1.807, 2.05) is 0 Å². The van der Waals surface area contributed by atoms with Crippen LogP contribution in [0.1, 0.15) is 6.42 Å². The number of thioether (sulfide) groups is 1. The van der Waals surface area contributed by atoms with E-state index in [0.717, 1.165) is 0 Å². The molecule has 0 aliphatic heterocycles. The Balaban J connectivity index is 2.34. The van der Waals surface area contributed by atoms with Crippen molar-refractivity contribution in [3.05, 3.63) is 18.2 Å². The fraction of sp³-hybridized carbons (Fsp3) is 0.333. The van der Waals surface area contributed by atoms with E-state index >= 15 is 0 Å². The van der Waals surface area contributed by atoms with Crippen molar-refractivity contribution in [2.45, 2.75) is 11.3 Å². The molecule has 0 aromatic heterocycles. The predicted molar refractivity (Wildman–Crippen MR) is 62.6 cm³/mol. The van der Waals surface area contributed by atoms with Crippen molar-refractivity contribution in [1.82, 2.24) is 0 Å². The van der Waals surface area contributed by atoms with E-state index in [2.05, 4.69) is 4.18 Å². The third-order valence-electron chi connectivity index (χ3n) is 1.72. The van der Waals surface area contributed by atoms with Gasteiger partial charge in [0.2, 0.25) is 0 Å². The van der Waals surface area contributed by atoms with Gasteiger partial charge >= 0.3 is 10.4 Å². The summed E-state index contributed by atoms with van der Waals surface area (Å²) in [5, 5.41) is 18.6. The van der Waals surface area contributed by atoms with E-state index in [9.17, 15) is 18.6 Å². The van der Waals surface area contributed by atoms with Gasteiger partial charge in [-0.3, -0.25) is 4.55 Å². The summed E-state index contributed by atoms with van der Waals surface area (Å²) in [5.74, 6) is 0.565. The largest absolute Gasteiger partial charge is 0.508 e. The first-order chi connectivity index (χ1) is 7.88. The van der Waals surface area contributed by atoms with E-state index in [0.29, 0.717) is 17.1 Å². The first-order valence-corrected chi connectivity index (χ1v) is 7.00. The van der Waals surface area contributed by atoms with Crippen LogP contribution in [0.25, 0.3) is 0 Å². The highest BCUT2D eigenvalue weighted by molar-refractivity contribution is 7.99. The summed E-state index contributed by atoms with van der Waals surface area (Å²) >= 11 is 1.25. The molecule has 6 nitrogen and oxygen atoms in total. The summed E-state index contributed by atoms with van der Waals surface area (Å²) in [6.07, 6.45) is 0.375. The van der Waals surface area contributed by atoms with Crippen molar-refractivity contribution in [3.8, 4) is 11.5 Å². The molecule has 96 valence electrons. The first kappa shape index (κ1) is 14.1. The minimum absolute atomic E-state index is 0.0412. The van der Waals surface area contributed by atoms with Gasteiger partial charge in [-0.15, -0.1) is 11.8 Å². The predicted octanol–water partition coefficient (Wildman–Crippen LogP) is 1.40. The Kier molecular flexibility index (Phi) is 5.06. The zero-order valence-electron chi connectivity index (χ0n) is 8.74. The second-order valence-corrected chi connectivity index (χ2v) is 5.33. The molecule has 0 spiro atoms. The fourth-order valence-corrected chi connectivity index (χ4v) is 2.25. The van der Waals surface area contributed by atoms with Crippen LogP contribution in [-0.4, -0.2) is 35.5 Å². The molecule has 0 unspecified atom stereocenters. The Morgan fingerprint density at radius 3 is 2.65 bits per heavy atom. The van der Waals surface area contributed by atoms with E-state index in [4.69, 9.17) is 4.55 Å². The number of aromatic hydroxyl groups is 2. The topological polar surface area (TPSA) is 104 Å². The molecule has 0 saturated carbocycles. The van der Waals surface area contributed by atoms with Crippen LogP contribution in [0.4, 0.5) is 0 Å². The minimum atomic E-state index is -4.38. The van der Waals surface area contributed by atoms with Crippen molar-refractivity contribution in [3.63, 3.8) is 0 Å². The van der Waals surface area contributed by atoms with Gasteiger partial charge in [0.05, 0.1) is 11.5 Å². The van der Waals surface area contributed by atoms with Crippen LogP contribution >= 0.6 is 11.8 Å². The van der Waals surface area contributed by atoms with Crippen LogP contribution in [0.3, 0.4) is 0 Å². The normalized spacial score (nSPS) is 11.6. The minimum Gasteiger partial charge on any atom is -0.508 e. The molecule has 1 aromatic carbocycles. The van der Waals surface area contributed by atoms with E-state index in [1.54, 1.807) is 0 Å². The maximum atomic E-state index is 10.2. The molecule has 0 heterocycles. The van der Waals surface area contributed by atoms with Gasteiger partial charge in [-0.1, -0.05) is 0 Å². The van der Waals surface area contributed by atoms with Gasteiger partial charge in [0.15, 0.2) is 0 Å². The highest BCUT2D eigenvalue weighted by atomic mass is 32.3. The molecule has 0 atom stereocenters. The average Bonchev–Trinajstić information content (AvgIpc) is 2.21. The average molecular weight is 280 g/mol. The number of benzene rings is 1. The van der Waals surface area contributed by atoms with Crippen molar-refractivity contribution in [2.24, 2.45) is 0 Å². The van der Waals surface area contributed by atoms with Crippen LogP contribution in [0, 0.1) is 0 Å². The Hall–Kier alpha value is -0.960. The smallest absolute Gasteiger partial charge is 0.397 e. The molecule has 0 fully saturated rings. The second kappa shape index (κ2) is 6.10. The molecular formula is C9H12O6S2. The van der Waals surface area contributed by atoms with Crippen LogP contribution in [0.15, 0.2) is 23.1 Å². The van der Waals surface area contributed by atoms with Gasteiger partial charge in [-0.25, -0.2) is 4.18 Å². The zero-order chi connectivity index (χ0) is 12.9. The molecule has 0 amide bonds. The Labute approximate surface area is 103 Å². The van der Waals surface area contributed by atoms with Crippen molar-refractivity contribution < 1.29 is 27.4 Å². The quantitative estimate of drug-likeness (QED) is 0.313. The fourth-order valence-electron chi connectivity index (χ4n) is 1.02. The Bertz CT molecular complexity index is 470. The lowest BCUT2D eigenvalue weighted by molar-refractivity contribution is 0.269. The highest BCUT2D eigenvalue weighted by Crippen LogP contribution is 2.31. The zero-order valence-corrected chi connectivity index (χ0v) is 10.4. The maximum Gasteiger partial charge on any atom is 0.397 e. The van der Waals surface area contributed by atoms with Crippen molar-refractivity contribution >= 4 is 22.2 Å². The summed E-state index contributed by atoms with van der Waals surface area (Å²) in [5.41, 5.74) is 0. The van der Waals surface area contributed by atoms with E-state index < -0.39 is 10.4 Å². The van der Waals surface area contributed by atoms with Crippen LogP contribution < -0.4 is 0 Å². The summed E-state index contributed by atoms with van der Waals surface area (Å²) in [6, 6.07) is 4.14. The summed E-state index contributed by atoms with van der Waals surface area (Å²) < 4.78 is 32.8. The molecule has 3 N–H and O–H groups in total. The molecule has 0 aliphatic rings. The molecule has 1 rings (SSSR count). The Morgan fingerprint density at radius 1 is 1.29 bits per heavy atom. The van der Waals surface area contributed by atoms with Gasteiger partial charge in [0.1, 0.15) is 11.5 Å².